The molecule has 0 spiro atoms. The Bertz CT molecular complexity index is 784. The number of nitrogen functional groups attached to an aromatic ring is 1. The van der Waals surface area contributed by atoms with Crippen molar-refractivity contribution in [3.63, 3.8) is 0 Å². The Morgan fingerprint density at radius 2 is 2.14 bits per heavy atom. The largest absolute Gasteiger partial charge is 0.496 e. The molecule has 108 valence electrons. The fourth-order valence-electron chi connectivity index (χ4n) is 2.37. The van der Waals surface area contributed by atoms with Crippen molar-refractivity contribution >= 4 is 28.7 Å². The van der Waals surface area contributed by atoms with Gasteiger partial charge < -0.3 is 10.5 Å². The van der Waals surface area contributed by atoms with Gasteiger partial charge in [0.15, 0.2) is 5.65 Å². The van der Waals surface area contributed by atoms with E-state index in [1.807, 2.05) is 28.8 Å². The van der Waals surface area contributed by atoms with Crippen LogP contribution in [0.4, 0.5) is 5.95 Å². The van der Waals surface area contributed by atoms with E-state index in [1.165, 1.54) is 0 Å². The molecule has 0 saturated carbocycles. The molecule has 3 rings (SSSR count). The summed E-state index contributed by atoms with van der Waals surface area (Å²) in [5, 5.41) is 0.553. The second kappa shape index (κ2) is 5.61. The summed E-state index contributed by atoms with van der Waals surface area (Å²) in [5.41, 5.74) is 8.55. The molecule has 3 aromatic rings. The number of nitrogens with zero attached hydrogens (tertiary/aromatic N) is 3. The van der Waals surface area contributed by atoms with Crippen molar-refractivity contribution in [2.24, 2.45) is 0 Å². The van der Waals surface area contributed by atoms with E-state index in [4.69, 9.17) is 22.1 Å². The van der Waals surface area contributed by atoms with Crippen molar-refractivity contribution in [2.45, 2.75) is 13.0 Å². The standard InChI is InChI=1S/C15H15ClN4O/c1-21-13-5-3-2-4-10(13)6-7-20-14-12(19-15(20)17)8-11(16)9-18-14/h2-5,8-9H,6-7H2,1H3,(H2,17,19). The first-order valence-electron chi connectivity index (χ1n) is 6.58. The number of rotatable bonds is 4. The zero-order valence-electron chi connectivity index (χ0n) is 11.6. The lowest BCUT2D eigenvalue weighted by atomic mass is 10.1. The Morgan fingerprint density at radius 1 is 1.33 bits per heavy atom. The third kappa shape index (κ3) is 2.64. The van der Waals surface area contributed by atoms with E-state index in [1.54, 1.807) is 19.4 Å². The average molecular weight is 303 g/mol. The Balaban J connectivity index is 1.90. The van der Waals surface area contributed by atoms with E-state index in [0.29, 0.717) is 23.0 Å². The monoisotopic (exact) mass is 302 g/mol. The van der Waals surface area contributed by atoms with E-state index in [9.17, 15) is 0 Å². The van der Waals surface area contributed by atoms with Gasteiger partial charge in [-0.1, -0.05) is 29.8 Å². The molecule has 2 N–H and O–H groups in total. The van der Waals surface area contributed by atoms with Crippen LogP contribution >= 0.6 is 11.6 Å². The highest BCUT2D eigenvalue weighted by atomic mass is 35.5. The summed E-state index contributed by atoms with van der Waals surface area (Å²) >= 11 is 5.92. The van der Waals surface area contributed by atoms with Gasteiger partial charge in [0.25, 0.3) is 0 Å². The summed E-state index contributed by atoms with van der Waals surface area (Å²) in [7, 11) is 1.67. The summed E-state index contributed by atoms with van der Waals surface area (Å²) in [6.07, 6.45) is 2.38. The number of pyridine rings is 1. The Morgan fingerprint density at radius 3 is 2.95 bits per heavy atom. The molecule has 2 aromatic heterocycles. The SMILES string of the molecule is COc1ccccc1CCn1c(N)nc2cc(Cl)cnc21. The number of nitrogens with two attached hydrogens (primary N) is 1. The van der Waals surface area contributed by atoms with Crippen LogP contribution in [0.15, 0.2) is 36.5 Å². The minimum absolute atomic E-state index is 0.440. The first-order valence-corrected chi connectivity index (χ1v) is 6.96. The molecule has 2 heterocycles. The molecule has 0 atom stereocenters. The van der Waals surface area contributed by atoms with Gasteiger partial charge in [0.2, 0.25) is 5.95 Å². The number of anilines is 1. The fourth-order valence-corrected chi connectivity index (χ4v) is 2.52. The number of aryl methyl sites for hydroxylation is 2. The number of aromatic nitrogens is 3. The van der Waals surface area contributed by atoms with Crippen LogP contribution < -0.4 is 10.5 Å². The maximum atomic E-state index is 5.98. The molecule has 0 aliphatic carbocycles. The Kier molecular flexibility index (Phi) is 3.66. The number of methoxy groups -OCH3 is 1. The van der Waals surface area contributed by atoms with Gasteiger partial charge >= 0.3 is 0 Å². The number of hydrogen-bond acceptors (Lipinski definition) is 4. The lowest BCUT2D eigenvalue weighted by Gasteiger charge is -2.09. The molecule has 0 bridgehead atoms. The van der Waals surface area contributed by atoms with E-state index < -0.39 is 0 Å². The van der Waals surface area contributed by atoms with Gasteiger partial charge in [-0.15, -0.1) is 0 Å². The van der Waals surface area contributed by atoms with Gasteiger partial charge in [0.05, 0.1) is 12.1 Å². The average Bonchev–Trinajstić information content (AvgIpc) is 2.80. The van der Waals surface area contributed by atoms with Crippen LogP contribution in [0.3, 0.4) is 0 Å². The molecular weight excluding hydrogens is 288 g/mol. The highest BCUT2D eigenvalue weighted by Gasteiger charge is 2.11. The minimum Gasteiger partial charge on any atom is -0.496 e. The maximum absolute atomic E-state index is 5.98. The first-order chi connectivity index (χ1) is 10.2. The van der Waals surface area contributed by atoms with Crippen LogP contribution in [-0.4, -0.2) is 21.6 Å². The quantitative estimate of drug-likeness (QED) is 0.804. The fraction of sp³-hybridized carbons (Fsp3) is 0.200. The molecule has 0 fully saturated rings. The summed E-state index contributed by atoms with van der Waals surface area (Å²) in [4.78, 5) is 8.61. The molecule has 0 saturated heterocycles. The highest BCUT2D eigenvalue weighted by Crippen LogP contribution is 2.22. The third-order valence-electron chi connectivity index (χ3n) is 3.38. The van der Waals surface area contributed by atoms with Crippen LogP contribution in [0, 0.1) is 0 Å². The van der Waals surface area contributed by atoms with Crippen LogP contribution in [0.1, 0.15) is 5.56 Å². The van der Waals surface area contributed by atoms with Crippen molar-refractivity contribution in [2.75, 3.05) is 12.8 Å². The molecule has 0 aliphatic heterocycles. The number of benzene rings is 1. The van der Waals surface area contributed by atoms with Gasteiger partial charge in [-0.25, -0.2) is 9.97 Å². The molecule has 1 aromatic carbocycles. The molecule has 0 radical (unpaired) electrons. The van der Waals surface area contributed by atoms with Gasteiger partial charge in [0, 0.05) is 12.7 Å². The summed E-state index contributed by atoms with van der Waals surface area (Å²) < 4.78 is 7.25. The molecule has 6 heteroatoms. The lowest BCUT2D eigenvalue weighted by molar-refractivity contribution is 0.408. The summed E-state index contributed by atoms with van der Waals surface area (Å²) in [6, 6.07) is 9.69. The van der Waals surface area contributed by atoms with E-state index >= 15 is 0 Å². The van der Waals surface area contributed by atoms with Gasteiger partial charge in [-0.3, -0.25) is 4.57 Å². The molecule has 5 nitrogen and oxygen atoms in total. The van der Waals surface area contributed by atoms with Crippen molar-refractivity contribution < 1.29 is 4.74 Å². The normalized spacial score (nSPS) is 11.0. The predicted octanol–water partition coefficient (Wildman–Crippen LogP) is 2.92. The lowest BCUT2D eigenvalue weighted by Crippen LogP contribution is -2.07. The summed E-state index contributed by atoms with van der Waals surface area (Å²) in [5.74, 6) is 1.31. The van der Waals surface area contributed by atoms with Crippen LogP contribution in [-0.2, 0) is 13.0 Å². The molecule has 0 unspecified atom stereocenters. The van der Waals surface area contributed by atoms with Gasteiger partial charge in [-0.05, 0) is 24.1 Å². The molecule has 0 aliphatic rings. The number of ether oxygens (including phenoxy) is 1. The first kappa shape index (κ1) is 13.7. The van der Waals surface area contributed by atoms with Crippen LogP contribution in [0.2, 0.25) is 5.02 Å². The second-order valence-corrected chi connectivity index (χ2v) is 5.12. The predicted molar refractivity (Wildman–Crippen MR) is 83.6 cm³/mol. The number of imidazole rings is 1. The number of fused-ring (bicyclic) bond motifs is 1. The zero-order chi connectivity index (χ0) is 14.8. The Labute approximate surface area is 127 Å². The van der Waals surface area contributed by atoms with Crippen molar-refractivity contribution in [3.8, 4) is 5.75 Å². The van der Waals surface area contributed by atoms with E-state index in [-0.39, 0.29) is 0 Å². The number of hydrogen-bond donors (Lipinski definition) is 1. The Hall–Kier alpha value is -2.27. The van der Waals surface area contributed by atoms with E-state index in [0.717, 1.165) is 23.4 Å². The number of halogens is 1. The van der Waals surface area contributed by atoms with Crippen molar-refractivity contribution in [3.05, 3.63) is 47.1 Å². The van der Waals surface area contributed by atoms with Crippen LogP contribution in [0.25, 0.3) is 11.2 Å². The van der Waals surface area contributed by atoms with Crippen molar-refractivity contribution in [1.82, 2.24) is 14.5 Å². The molecule has 0 amide bonds. The second-order valence-electron chi connectivity index (χ2n) is 4.68. The third-order valence-corrected chi connectivity index (χ3v) is 3.59. The van der Waals surface area contributed by atoms with Gasteiger partial charge in [0.1, 0.15) is 11.3 Å². The van der Waals surface area contributed by atoms with Crippen LogP contribution in [0.5, 0.6) is 5.75 Å². The number of para-hydroxylation sites is 1. The zero-order valence-corrected chi connectivity index (χ0v) is 12.3. The van der Waals surface area contributed by atoms with E-state index in [2.05, 4.69) is 9.97 Å². The minimum atomic E-state index is 0.440. The molecular formula is C15H15ClN4O. The molecule has 21 heavy (non-hydrogen) atoms. The van der Waals surface area contributed by atoms with Crippen molar-refractivity contribution in [1.29, 1.82) is 0 Å². The summed E-state index contributed by atoms with van der Waals surface area (Å²) in [6.45, 7) is 0.678. The topological polar surface area (TPSA) is 66.0 Å². The maximum Gasteiger partial charge on any atom is 0.202 e. The van der Waals surface area contributed by atoms with Gasteiger partial charge in [-0.2, -0.15) is 0 Å². The highest BCUT2D eigenvalue weighted by molar-refractivity contribution is 6.31. The smallest absolute Gasteiger partial charge is 0.202 e.